The maximum atomic E-state index is 13.6. The van der Waals surface area contributed by atoms with Crippen LogP contribution in [0.2, 0.25) is 0 Å². The van der Waals surface area contributed by atoms with Crippen LogP contribution < -0.4 is 5.32 Å². The summed E-state index contributed by atoms with van der Waals surface area (Å²) in [6, 6.07) is 6.72. The molecular weight excluding hydrogens is 421 g/mol. The summed E-state index contributed by atoms with van der Waals surface area (Å²) < 4.78 is 13.6. The average Bonchev–Trinajstić information content (AvgIpc) is 3.55. The molecular formula is C25H24FN5O2. The van der Waals surface area contributed by atoms with Crippen LogP contribution in [0.25, 0.3) is 16.6 Å². The summed E-state index contributed by atoms with van der Waals surface area (Å²) in [6.45, 7) is 0. The molecule has 5 heterocycles. The fraction of sp³-hybridized carbons (Fsp3) is 0.360. The number of carbonyl (C=O) groups is 2. The van der Waals surface area contributed by atoms with E-state index in [2.05, 4.69) is 26.3 Å². The van der Waals surface area contributed by atoms with Crippen LogP contribution in [0.15, 0.2) is 42.7 Å². The number of piperidine rings is 1. The number of amides is 2. The van der Waals surface area contributed by atoms with Crippen molar-refractivity contribution < 1.29 is 14.0 Å². The maximum absolute atomic E-state index is 13.6. The molecule has 6 rings (SSSR count). The van der Waals surface area contributed by atoms with Crippen molar-refractivity contribution in [2.24, 2.45) is 5.92 Å². The van der Waals surface area contributed by atoms with Crippen molar-refractivity contribution in [1.29, 1.82) is 0 Å². The molecule has 3 aliphatic rings. The fourth-order valence-corrected chi connectivity index (χ4v) is 5.17. The Morgan fingerprint density at radius 1 is 1.15 bits per heavy atom. The SMILES string of the molecule is O=C(Nc1cc(C2=CC3CCCC(C2)N3C(=O)c2ccnc(F)c2)c2cc[nH]c2n1)C1CC1. The van der Waals surface area contributed by atoms with Gasteiger partial charge >= 0.3 is 0 Å². The van der Waals surface area contributed by atoms with Gasteiger partial charge in [0.15, 0.2) is 0 Å². The van der Waals surface area contributed by atoms with Crippen LogP contribution in [-0.2, 0) is 4.79 Å². The minimum Gasteiger partial charge on any atom is -0.346 e. The van der Waals surface area contributed by atoms with E-state index in [1.165, 1.54) is 12.3 Å². The molecule has 2 fully saturated rings. The minimum absolute atomic E-state index is 0.0233. The summed E-state index contributed by atoms with van der Waals surface area (Å²) in [5, 5.41) is 3.97. The molecule has 8 heteroatoms. The lowest BCUT2D eigenvalue weighted by molar-refractivity contribution is -0.117. The molecule has 0 radical (unpaired) electrons. The number of carbonyl (C=O) groups excluding carboxylic acids is 2. The van der Waals surface area contributed by atoms with E-state index in [-0.39, 0.29) is 29.8 Å². The Morgan fingerprint density at radius 2 is 2.03 bits per heavy atom. The summed E-state index contributed by atoms with van der Waals surface area (Å²) >= 11 is 0. The fourth-order valence-electron chi connectivity index (χ4n) is 5.17. The third-order valence-electron chi connectivity index (χ3n) is 6.92. The molecule has 2 amide bonds. The van der Waals surface area contributed by atoms with Crippen molar-refractivity contribution in [2.75, 3.05) is 5.32 Å². The Labute approximate surface area is 190 Å². The lowest BCUT2D eigenvalue weighted by atomic mass is 9.82. The van der Waals surface area contributed by atoms with E-state index in [1.54, 1.807) is 6.07 Å². The monoisotopic (exact) mass is 445 g/mol. The Bertz CT molecular complexity index is 1290. The first-order chi connectivity index (χ1) is 16.1. The molecule has 0 aromatic carbocycles. The van der Waals surface area contributed by atoms with Crippen LogP contribution in [0, 0.1) is 11.9 Å². The molecule has 2 bridgehead atoms. The average molecular weight is 445 g/mol. The van der Waals surface area contributed by atoms with Crippen LogP contribution in [0.1, 0.15) is 54.4 Å². The third-order valence-corrected chi connectivity index (χ3v) is 6.92. The maximum Gasteiger partial charge on any atom is 0.254 e. The molecule has 33 heavy (non-hydrogen) atoms. The van der Waals surface area contributed by atoms with Crippen LogP contribution in [0.3, 0.4) is 0 Å². The summed E-state index contributed by atoms with van der Waals surface area (Å²) in [5.41, 5.74) is 3.25. The molecule has 3 aromatic heterocycles. The number of H-pyrrole nitrogens is 1. The van der Waals surface area contributed by atoms with Gasteiger partial charge in [-0.05, 0) is 67.9 Å². The number of pyridine rings is 2. The van der Waals surface area contributed by atoms with Gasteiger partial charge in [0.25, 0.3) is 5.91 Å². The number of fused-ring (bicyclic) bond motifs is 3. The number of nitrogens with zero attached hydrogens (tertiary/aromatic N) is 3. The van der Waals surface area contributed by atoms with Crippen LogP contribution in [0.5, 0.6) is 0 Å². The predicted octanol–water partition coefficient (Wildman–Crippen LogP) is 4.30. The number of rotatable bonds is 4. The van der Waals surface area contributed by atoms with Crippen molar-refractivity contribution in [2.45, 2.75) is 50.6 Å². The quantitative estimate of drug-likeness (QED) is 0.586. The van der Waals surface area contributed by atoms with Gasteiger partial charge in [-0.1, -0.05) is 6.08 Å². The largest absolute Gasteiger partial charge is 0.346 e. The molecule has 1 saturated heterocycles. The number of hydrogen-bond acceptors (Lipinski definition) is 4. The highest BCUT2D eigenvalue weighted by atomic mass is 19.1. The van der Waals surface area contributed by atoms with Gasteiger partial charge in [-0.15, -0.1) is 0 Å². The molecule has 2 atom stereocenters. The Kier molecular flexibility index (Phi) is 4.74. The first kappa shape index (κ1) is 20.1. The molecule has 0 spiro atoms. The topological polar surface area (TPSA) is 91.0 Å². The zero-order valence-corrected chi connectivity index (χ0v) is 18.1. The summed E-state index contributed by atoms with van der Waals surface area (Å²) in [7, 11) is 0. The van der Waals surface area contributed by atoms with Crippen molar-refractivity contribution in [1.82, 2.24) is 19.9 Å². The Morgan fingerprint density at radius 3 is 2.82 bits per heavy atom. The van der Waals surface area contributed by atoms with Crippen LogP contribution in [0.4, 0.5) is 10.2 Å². The third kappa shape index (κ3) is 3.69. The molecule has 3 aromatic rings. The van der Waals surface area contributed by atoms with E-state index in [9.17, 15) is 14.0 Å². The van der Waals surface area contributed by atoms with Gasteiger partial charge in [0, 0.05) is 41.4 Å². The Hall–Kier alpha value is -3.55. The second-order valence-electron chi connectivity index (χ2n) is 9.19. The second kappa shape index (κ2) is 7.79. The molecule has 2 unspecified atom stereocenters. The zero-order valence-electron chi connectivity index (χ0n) is 18.1. The summed E-state index contributed by atoms with van der Waals surface area (Å²) in [5.74, 6) is -0.129. The van der Waals surface area contributed by atoms with Crippen molar-refractivity contribution in [3.63, 3.8) is 0 Å². The van der Waals surface area contributed by atoms with Crippen molar-refractivity contribution >= 4 is 34.2 Å². The zero-order chi connectivity index (χ0) is 22.5. The van der Waals surface area contributed by atoms with Crippen LogP contribution in [-0.4, -0.2) is 43.7 Å². The molecule has 2 aliphatic heterocycles. The normalized spacial score (nSPS) is 22.2. The highest BCUT2D eigenvalue weighted by molar-refractivity contribution is 5.98. The number of hydrogen-bond donors (Lipinski definition) is 2. The van der Waals surface area contributed by atoms with Crippen molar-refractivity contribution in [3.05, 3.63) is 59.8 Å². The van der Waals surface area contributed by atoms with E-state index < -0.39 is 5.95 Å². The van der Waals surface area contributed by atoms with E-state index >= 15 is 0 Å². The van der Waals surface area contributed by atoms with E-state index in [0.717, 1.165) is 54.3 Å². The van der Waals surface area contributed by atoms with E-state index in [1.807, 2.05) is 23.2 Å². The van der Waals surface area contributed by atoms with Gasteiger partial charge in [-0.2, -0.15) is 4.39 Å². The second-order valence-corrected chi connectivity index (χ2v) is 9.19. The summed E-state index contributed by atoms with van der Waals surface area (Å²) in [6.07, 6.45) is 10.7. The molecule has 7 nitrogen and oxygen atoms in total. The van der Waals surface area contributed by atoms with Gasteiger partial charge in [-0.25, -0.2) is 9.97 Å². The lowest BCUT2D eigenvalue weighted by Crippen LogP contribution is -2.51. The van der Waals surface area contributed by atoms with Gasteiger partial charge in [0.1, 0.15) is 11.5 Å². The van der Waals surface area contributed by atoms with Crippen molar-refractivity contribution in [3.8, 4) is 0 Å². The molecule has 1 saturated carbocycles. The predicted molar refractivity (Wildman–Crippen MR) is 122 cm³/mol. The van der Waals surface area contributed by atoms with Gasteiger partial charge < -0.3 is 15.2 Å². The number of nitrogens with one attached hydrogen (secondary N) is 2. The van der Waals surface area contributed by atoms with Crippen LogP contribution >= 0.6 is 0 Å². The van der Waals surface area contributed by atoms with Gasteiger partial charge in [0.05, 0.1) is 6.04 Å². The number of anilines is 1. The Balaban J connectivity index is 1.36. The van der Waals surface area contributed by atoms with E-state index in [4.69, 9.17) is 0 Å². The summed E-state index contributed by atoms with van der Waals surface area (Å²) in [4.78, 5) is 38.8. The number of halogens is 1. The lowest BCUT2D eigenvalue weighted by Gasteiger charge is -2.45. The number of aromatic amines is 1. The highest BCUT2D eigenvalue weighted by Gasteiger charge is 2.38. The minimum atomic E-state index is -0.647. The molecule has 2 N–H and O–H groups in total. The smallest absolute Gasteiger partial charge is 0.254 e. The standard InChI is InChI=1S/C25H24FN5O2/c26-21-12-15(6-8-27-21)25(33)31-17-2-1-3-18(31)11-16(10-17)20-13-22(30-24(32)14-4-5-14)29-23-19(20)7-9-28-23/h6-10,12-14,17-18H,1-5,11H2,(H2,28,29,30,32). The van der Waals surface area contributed by atoms with Gasteiger partial charge in [-0.3, -0.25) is 9.59 Å². The number of aromatic nitrogens is 3. The first-order valence-corrected chi connectivity index (χ1v) is 11.5. The molecule has 1 aliphatic carbocycles. The highest BCUT2D eigenvalue weighted by Crippen LogP contribution is 2.40. The van der Waals surface area contributed by atoms with E-state index in [0.29, 0.717) is 17.8 Å². The first-order valence-electron chi connectivity index (χ1n) is 11.5. The molecule has 168 valence electrons. The van der Waals surface area contributed by atoms with Gasteiger partial charge in [0.2, 0.25) is 11.9 Å².